The second-order valence-corrected chi connectivity index (χ2v) is 8.44. The van der Waals surface area contributed by atoms with Gasteiger partial charge >= 0.3 is 11.9 Å². The van der Waals surface area contributed by atoms with Crippen molar-refractivity contribution in [2.75, 3.05) is 34.4 Å². The van der Waals surface area contributed by atoms with Gasteiger partial charge in [-0.15, -0.1) is 0 Å². The lowest BCUT2D eigenvalue weighted by Gasteiger charge is -2.22. The van der Waals surface area contributed by atoms with E-state index in [4.69, 9.17) is 19.3 Å². The summed E-state index contributed by atoms with van der Waals surface area (Å²) in [5.41, 5.74) is 2.68. The van der Waals surface area contributed by atoms with E-state index < -0.39 is 18.0 Å². The molecule has 0 aliphatic heterocycles. The van der Waals surface area contributed by atoms with E-state index in [0.717, 1.165) is 29.9 Å². The second-order valence-electron chi connectivity index (χ2n) is 8.44. The van der Waals surface area contributed by atoms with Gasteiger partial charge in [0.15, 0.2) is 0 Å². The van der Waals surface area contributed by atoms with E-state index in [2.05, 4.69) is 12.1 Å². The monoisotopic (exact) mass is 477 g/mol. The fourth-order valence-electron chi connectivity index (χ4n) is 3.60. The molecule has 1 atom stereocenters. The minimum atomic E-state index is -1.05. The van der Waals surface area contributed by atoms with E-state index in [-0.39, 0.29) is 12.2 Å². The number of aromatic carboxylic acids is 1. The van der Waals surface area contributed by atoms with Crippen molar-refractivity contribution in [1.82, 2.24) is 4.90 Å². The summed E-state index contributed by atoms with van der Waals surface area (Å²) < 4.78 is 17.0. The maximum absolute atomic E-state index is 12.6. The summed E-state index contributed by atoms with van der Waals surface area (Å²) in [5.74, 6) is 0.0167. The predicted octanol–water partition coefficient (Wildman–Crippen LogP) is 4.34. The van der Waals surface area contributed by atoms with Crippen LogP contribution in [0.25, 0.3) is 0 Å². The summed E-state index contributed by atoms with van der Waals surface area (Å²) in [6, 6.07) is 21.5. The highest BCUT2D eigenvalue weighted by Gasteiger charge is 2.19. The number of nitrogens with zero attached hydrogens (tertiary/aromatic N) is 1. The molecule has 0 fully saturated rings. The SMILES string of the molecule is COc1ccc(CCc2ccccc2OC[C@H](CN(C)C)OC(=O)c2ccc(C(=O)O)cc2)cc1. The Morgan fingerprint density at radius 1 is 0.886 bits per heavy atom. The Hall–Kier alpha value is -3.84. The van der Waals surface area contributed by atoms with Gasteiger partial charge in [-0.3, -0.25) is 0 Å². The number of carbonyl (C=O) groups is 2. The number of aryl methyl sites for hydroxylation is 2. The van der Waals surface area contributed by atoms with Crippen molar-refractivity contribution in [2.45, 2.75) is 18.9 Å². The molecule has 0 amide bonds. The number of para-hydroxylation sites is 1. The van der Waals surface area contributed by atoms with Crippen LogP contribution in [0.15, 0.2) is 72.8 Å². The maximum atomic E-state index is 12.6. The number of methoxy groups -OCH3 is 1. The molecule has 7 nitrogen and oxygen atoms in total. The van der Waals surface area contributed by atoms with Gasteiger partial charge in [0.25, 0.3) is 0 Å². The maximum Gasteiger partial charge on any atom is 0.338 e. The lowest BCUT2D eigenvalue weighted by atomic mass is 10.0. The zero-order valence-electron chi connectivity index (χ0n) is 20.3. The van der Waals surface area contributed by atoms with Crippen molar-refractivity contribution in [2.24, 2.45) is 0 Å². The van der Waals surface area contributed by atoms with E-state index in [1.807, 2.05) is 55.4 Å². The number of hydrogen-bond donors (Lipinski definition) is 1. The molecule has 1 N–H and O–H groups in total. The van der Waals surface area contributed by atoms with Gasteiger partial charge in [-0.25, -0.2) is 9.59 Å². The molecule has 0 saturated heterocycles. The first-order chi connectivity index (χ1) is 16.9. The first kappa shape index (κ1) is 25.8. The molecule has 0 aliphatic rings. The molecule has 0 unspecified atom stereocenters. The van der Waals surface area contributed by atoms with Gasteiger partial charge in [-0.05, 0) is 80.5 Å². The molecule has 0 aromatic heterocycles. The number of esters is 1. The number of carbonyl (C=O) groups excluding carboxylic acids is 1. The Bertz CT molecular complexity index is 1110. The molecular weight excluding hydrogens is 446 g/mol. The van der Waals surface area contributed by atoms with Crippen molar-refractivity contribution in [3.63, 3.8) is 0 Å². The van der Waals surface area contributed by atoms with Gasteiger partial charge in [0.05, 0.1) is 18.2 Å². The zero-order valence-corrected chi connectivity index (χ0v) is 20.3. The summed E-state index contributed by atoms with van der Waals surface area (Å²) in [6.45, 7) is 0.670. The molecule has 0 saturated carbocycles. The van der Waals surface area contributed by atoms with Crippen LogP contribution in [0, 0.1) is 0 Å². The number of likely N-dealkylation sites (N-methyl/N-ethyl adjacent to an activating group) is 1. The van der Waals surface area contributed by atoms with Crippen molar-refractivity contribution < 1.29 is 28.9 Å². The summed E-state index contributed by atoms with van der Waals surface area (Å²) in [4.78, 5) is 25.6. The van der Waals surface area contributed by atoms with E-state index in [9.17, 15) is 9.59 Å². The lowest BCUT2D eigenvalue weighted by molar-refractivity contribution is 0.0102. The number of rotatable bonds is 12. The third-order valence-corrected chi connectivity index (χ3v) is 5.45. The zero-order chi connectivity index (χ0) is 25.2. The van der Waals surface area contributed by atoms with E-state index >= 15 is 0 Å². The van der Waals surface area contributed by atoms with Crippen LogP contribution < -0.4 is 9.47 Å². The number of ether oxygens (including phenoxy) is 3. The fraction of sp³-hybridized carbons (Fsp3) is 0.286. The molecule has 0 bridgehead atoms. The number of hydrogen-bond acceptors (Lipinski definition) is 6. The van der Waals surface area contributed by atoms with Crippen LogP contribution in [0.4, 0.5) is 0 Å². The summed E-state index contributed by atoms with van der Waals surface area (Å²) >= 11 is 0. The van der Waals surface area contributed by atoms with Crippen LogP contribution in [0.5, 0.6) is 11.5 Å². The van der Waals surface area contributed by atoms with Crippen molar-refractivity contribution in [1.29, 1.82) is 0 Å². The minimum absolute atomic E-state index is 0.112. The highest BCUT2D eigenvalue weighted by molar-refractivity contribution is 5.92. The molecule has 0 spiro atoms. The molecule has 3 aromatic rings. The normalized spacial score (nSPS) is 11.7. The van der Waals surface area contributed by atoms with Crippen molar-refractivity contribution in [3.8, 4) is 11.5 Å². The minimum Gasteiger partial charge on any atom is -0.497 e. The number of carboxylic acids is 1. The van der Waals surface area contributed by atoms with Crippen LogP contribution in [-0.4, -0.2) is 62.4 Å². The van der Waals surface area contributed by atoms with Gasteiger partial charge in [0, 0.05) is 6.54 Å². The largest absolute Gasteiger partial charge is 0.497 e. The van der Waals surface area contributed by atoms with E-state index in [0.29, 0.717) is 12.1 Å². The smallest absolute Gasteiger partial charge is 0.338 e. The van der Waals surface area contributed by atoms with Crippen molar-refractivity contribution >= 4 is 11.9 Å². The molecule has 0 aliphatic carbocycles. The van der Waals surface area contributed by atoms with Crippen LogP contribution in [0.1, 0.15) is 31.8 Å². The van der Waals surface area contributed by atoms with Crippen LogP contribution in [-0.2, 0) is 17.6 Å². The summed E-state index contributed by atoms with van der Waals surface area (Å²) in [6.07, 6.45) is 1.15. The molecule has 35 heavy (non-hydrogen) atoms. The third-order valence-electron chi connectivity index (χ3n) is 5.45. The second kappa shape index (κ2) is 12.6. The van der Waals surface area contributed by atoms with Gasteiger partial charge in [0.2, 0.25) is 0 Å². The summed E-state index contributed by atoms with van der Waals surface area (Å²) in [7, 11) is 5.44. The Balaban J connectivity index is 1.63. The fourth-order valence-corrected chi connectivity index (χ4v) is 3.60. The molecule has 3 aromatic carbocycles. The molecule has 3 rings (SSSR count). The van der Waals surface area contributed by atoms with E-state index in [1.54, 1.807) is 7.11 Å². The molecule has 0 heterocycles. The topological polar surface area (TPSA) is 85.3 Å². The average molecular weight is 478 g/mol. The van der Waals surface area contributed by atoms with Crippen molar-refractivity contribution in [3.05, 3.63) is 95.1 Å². The Kier molecular flexibility index (Phi) is 9.26. The molecule has 184 valence electrons. The van der Waals surface area contributed by atoms with Crippen LogP contribution >= 0.6 is 0 Å². The van der Waals surface area contributed by atoms with Crippen LogP contribution in [0.3, 0.4) is 0 Å². The predicted molar refractivity (Wildman–Crippen MR) is 133 cm³/mol. The Morgan fingerprint density at radius 3 is 2.17 bits per heavy atom. The van der Waals surface area contributed by atoms with Gasteiger partial charge < -0.3 is 24.2 Å². The van der Waals surface area contributed by atoms with Gasteiger partial charge in [0.1, 0.15) is 24.2 Å². The highest BCUT2D eigenvalue weighted by atomic mass is 16.6. The van der Waals surface area contributed by atoms with Gasteiger partial charge in [-0.1, -0.05) is 30.3 Å². The molecular formula is C28H31NO6. The molecule has 7 heteroatoms. The standard InChI is InChI=1S/C28H31NO6/c1-29(2)18-25(35-28(32)23-14-12-22(13-15-23)27(30)31)19-34-26-7-5-4-6-21(26)11-8-20-9-16-24(33-3)17-10-20/h4-7,9-10,12-17,25H,8,11,18-19H2,1-3H3,(H,30,31)/t25-/m0/s1. The first-order valence-corrected chi connectivity index (χ1v) is 11.4. The quantitative estimate of drug-likeness (QED) is 0.388. The number of carboxylic acid groups (broad SMARTS) is 1. The highest BCUT2D eigenvalue weighted by Crippen LogP contribution is 2.22. The van der Waals surface area contributed by atoms with E-state index in [1.165, 1.54) is 29.8 Å². The third kappa shape index (κ3) is 7.86. The Morgan fingerprint density at radius 2 is 1.54 bits per heavy atom. The lowest BCUT2D eigenvalue weighted by Crippen LogP contribution is -2.35. The molecule has 0 radical (unpaired) electrons. The Labute approximate surface area is 205 Å². The van der Waals surface area contributed by atoms with Gasteiger partial charge in [-0.2, -0.15) is 0 Å². The first-order valence-electron chi connectivity index (χ1n) is 11.4. The average Bonchev–Trinajstić information content (AvgIpc) is 2.86. The summed E-state index contributed by atoms with van der Waals surface area (Å²) in [5, 5.41) is 9.04. The van der Waals surface area contributed by atoms with Crippen LogP contribution in [0.2, 0.25) is 0 Å². The number of benzene rings is 3.